The van der Waals surface area contributed by atoms with Crippen molar-refractivity contribution in [3.63, 3.8) is 0 Å². The van der Waals surface area contributed by atoms with E-state index in [1.54, 1.807) is 0 Å². The van der Waals surface area contributed by atoms with Crippen molar-refractivity contribution in [3.05, 3.63) is 202 Å². The van der Waals surface area contributed by atoms with Crippen LogP contribution in [0.15, 0.2) is 169 Å². The third-order valence-electron chi connectivity index (χ3n) is 12.8. The van der Waals surface area contributed by atoms with Crippen molar-refractivity contribution < 1.29 is 0 Å². The number of hydrogen-bond donors (Lipinski definition) is 0. The maximum Gasteiger partial charge on any atom is 0.0366 e. The Bertz CT molecular complexity index is 2150. The lowest BCUT2D eigenvalue weighted by atomic mass is 9.65. The van der Waals surface area contributed by atoms with Crippen molar-refractivity contribution >= 4 is 45.0 Å². The van der Waals surface area contributed by atoms with Crippen molar-refractivity contribution in [2.45, 2.75) is 55.4 Å². The van der Waals surface area contributed by atoms with E-state index in [1.165, 1.54) is 89.6 Å². The minimum absolute atomic E-state index is 0.967. The monoisotopic (exact) mass is 819 g/mol. The summed E-state index contributed by atoms with van der Waals surface area (Å²) in [6, 6.07) is 59.5. The molecular weight excluding hydrogens is 753 g/mol. The maximum atomic E-state index is 2.43. The third-order valence-corrected chi connectivity index (χ3v) is 12.8. The molecule has 0 spiro atoms. The first-order valence-corrected chi connectivity index (χ1v) is 23.2. The highest BCUT2D eigenvalue weighted by atomic mass is 15.1. The number of allylic oxidation sites excluding steroid dienone is 4. The highest BCUT2D eigenvalue weighted by Gasteiger charge is 2.38. The van der Waals surface area contributed by atoms with Gasteiger partial charge in [-0.3, -0.25) is 0 Å². The molecule has 0 radical (unpaired) electrons. The van der Waals surface area contributed by atoms with Crippen molar-refractivity contribution in [2.75, 3.05) is 72.0 Å². The summed E-state index contributed by atoms with van der Waals surface area (Å²) in [4.78, 5) is 9.70. The second kappa shape index (κ2) is 20.5. The fourth-order valence-corrected chi connectivity index (χ4v) is 9.35. The molecule has 6 aromatic carbocycles. The lowest BCUT2D eigenvalue weighted by Crippen LogP contribution is -2.22. The van der Waals surface area contributed by atoms with Gasteiger partial charge < -0.3 is 19.6 Å². The number of benzene rings is 6. The normalized spacial score (nSPS) is 12.3. The molecule has 0 N–H and O–H groups in total. The molecule has 318 valence electrons. The molecule has 0 saturated heterocycles. The van der Waals surface area contributed by atoms with Crippen LogP contribution in [0, 0.1) is 0 Å². The van der Waals surface area contributed by atoms with Crippen LogP contribution >= 0.6 is 0 Å². The van der Waals surface area contributed by atoms with Crippen LogP contribution in [-0.2, 0) is 0 Å². The van der Waals surface area contributed by atoms with Crippen LogP contribution in [0.3, 0.4) is 0 Å². The number of anilines is 4. The molecule has 0 heterocycles. The van der Waals surface area contributed by atoms with Gasteiger partial charge in [-0.2, -0.15) is 0 Å². The van der Waals surface area contributed by atoms with Crippen molar-refractivity contribution in [3.8, 4) is 0 Å². The highest BCUT2D eigenvalue weighted by molar-refractivity contribution is 6.26. The molecule has 0 amide bonds. The summed E-state index contributed by atoms with van der Waals surface area (Å²) in [5, 5.41) is 0. The minimum Gasteiger partial charge on any atom is -0.372 e. The molecule has 4 heteroatoms. The predicted octanol–water partition coefficient (Wildman–Crippen LogP) is 14.0. The van der Waals surface area contributed by atoms with Crippen molar-refractivity contribution in [1.82, 2.24) is 0 Å². The molecule has 0 bridgehead atoms. The van der Waals surface area contributed by atoms with Crippen LogP contribution in [0.5, 0.6) is 0 Å². The fourth-order valence-electron chi connectivity index (χ4n) is 9.35. The van der Waals surface area contributed by atoms with Gasteiger partial charge in [-0.25, -0.2) is 0 Å². The summed E-state index contributed by atoms with van der Waals surface area (Å²) in [5.41, 5.74) is 19.8. The smallest absolute Gasteiger partial charge is 0.0366 e. The van der Waals surface area contributed by atoms with Crippen LogP contribution in [0.2, 0.25) is 0 Å². The quantitative estimate of drug-likeness (QED) is 0.0856. The molecule has 62 heavy (non-hydrogen) atoms. The predicted molar refractivity (Wildman–Crippen MR) is 272 cm³/mol. The van der Waals surface area contributed by atoms with E-state index >= 15 is 0 Å². The summed E-state index contributed by atoms with van der Waals surface area (Å²) in [6.07, 6.45) is 0. The van der Waals surface area contributed by atoms with E-state index in [9.17, 15) is 0 Å². The Hall–Kier alpha value is -6.26. The van der Waals surface area contributed by atoms with Gasteiger partial charge in [-0.15, -0.1) is 0 Å². The van der Waals surface area contributed by atoms with E-state index in [0.29, 0.717) is 0 Å². The zero-order chi connectivity index (χ0) is 43.6. The minimum atomic E-state index is 0.967. The van der Waals surface area contributed by atoms with Gasteiger partial charge >= 0.3 is 0 Å². The topological polar surface area (TPSA) is 13.0 Å². The fraction of sp³-hybridized carbons (Fsp3) is 0.276. The zero-order valence-electron chi connectivity index (χ0n) is 38.5. The molecule has 1 aliphatic rings. The summed E-state index contributed by atoms with van der Waals surface area (Å²) in [5.74, 6) is 0. The van der Waals surface area contributed by atoms with Gasteiger partial charge in [0.25, 0.3) is 0 Å². The van der Waals surface area contributed by atoms with Crippen LogP contribution in [-0.4, -0.2) is 52.4 Å². The maximum absolute atomic E-state index is 2.43. The van der Waals surface area contributed by atoms with Gasteiger partial charge in [0.1, 0.15) is 0 Å². The van der Waals surface area contributed by atoms with Crippen molar-refractivity contribution in [1.29, 1.82) is 0 Å². The lowest BCUT2D eigenvalue weighted by Gasteiger charge is -2.37. The third kappa shape index (κ3) is 8.88. The van der Waals surface area contributed by atoms with E-state index in [0.717, 1.165) is 52.4 Å². The van der Waals surface area contributed by atoms with Gasteiger partial charge in [0.2, 0.25) is 0 Å². The first-order chi connectivity index (χ1) is 30.4. The molecule has 0 atom stereocenters. The van der Waals surface area contributed by atoms with E-state index in [4.69, 9.17) is 0 Å². The van der Waals surface area contributed by atoms with Crippen molar-refractivity contribution in [2.24, 2.45) is 0 Å². The Labute approximate surface area is 373 Å². The Morgan fingerprint density at radius 1 is 0.274 bits per heavy atom. The molecule has 4 nitrogen and oxygen atoms in total. The molecule has 1 aliphatic carbocycles. The van der Waals surface area contributed by atoms with Gasteiger partial charge in [0, 0.05) is 75.1 Å². The van der Waals surface area contributed by atoms with E-state index < -0.39 is 0 Å². The second-order valence-corrected chi connectivity index (χ2v) is 15.9. The highest BCUT2D eigenvalue weighted by Crippen LogP contribution is 2.58. The van der Waals surface area contributed by atoms with Gasteiger partial charge in [-0.1, -0.05) is 109 Å². The molecule has 0 aliphatic heterocycles. The van der Waals surface area contributed by atoms with Crippen LogP contribution < -0.4 is 19.6 Å². The zero-order valence-corrected chi connectivity index (χ0v) is 38.5. The summed E-state index contributed by atoms with van der Waals surface area (Å²) in [6.45, 7) is 25.6. The van der Waals surface area contributed by atoms with Crippen LogP contribution in [0.4, 0.5) is 22.7 Å². The number of nitrogens with zero attached hydrogens (tertiary/aromatic N) is 4. The number of hydrogen-bond acceptors (Lipinski definition) is 4. The molecular formula is C58H66N4. The molecule has 0 saturated carbocycles. The Morgan fingerprint density at radius 2 is 0.484 bits per heavy atom. The molecule has 6 aromatic rings. The summed E-state index contributed by atoms with van der Waals surface area (Å²) in [7, 11) is 0. The molecule has 0 unspecified atom stereocenters. The van der Waals surface area contributed by atoms with Crippen LogP contribution in [0.25, 0.3) is 22.3 Å². The second-order valence-electron chi connectivity index (χ2n) is 15.9. The first kappa shape index (κ1) is 43.8. The first-order valence-electron chi connectivity index (χ1n) is 23.2. The lowest BCUT2D eigenvalue weighted by molar-refractivity contribution is 0.866. The number of rotatable bonds is 18. The SMILES string of the molecule is CCN(CC)c1ccc(C(=C2C(=C(c3ccc(N(CC)CC)cc3)c3ccc(N(CC)CC)cc3)C(c3ccccc3)=C2c2ccccc2)c2ccc(N(CC)CC)cc2)cc1. The Kier molecular flexibility index (Phi) is 14.5. The standard InChI is InChI=1S/C58H66N4/c1-9-59(10-2)49-35-27-45(28-36-49)53(46-29-37-50(38-30-46)60(11-3)12-4)57-55(43-23-19-17-20-24-43)56(44-25-21-18-22-26-44)58(57)54(47-31-39-51(40-32-47)61(13-5)14-6)48-33-41-52(42-34-48)62(15-7)16-8/h17-42H,9-16H2,1-8H3. The van der Waals surface area contributed by atoms with E-state index in [2.05, 4.69) is 233 Å². The van der Waals surface area contributed by atoms with Gasteiger partial charge in [0.05, 0.1) is 0 Å². The largest absolute Gasteiger partial charge is 0.372 e. The van der Waals surface area contributed by atoms with Gasteiger partial charge in [0.15, 0.2) is 0 Å². The Morgan fingerprint density at radius 3 is 0.677 bits per heavy atom. The van der Waals surface area contributed by atoms with E-state index in [1.807, 2.05) is 0 Å². The summed E-state index contributed by atoms with van der Waals surface area (Å²) < 4.78 is 0. The average Bonchev–Trinajstić information content (AvgIpc) is 3.32. The Balaban J connectivity index is 1.65. The van der Waals surface area contributed by atoms with Gasteiger partial charge in [-0.05, 0) is 171 Å². The molecule has 0 aromatic heterocycles. The molecule has 0 fully saturated rings. The average molecular weight is 819 g/mol. The summed E-state index contributed by atoms with van der Waals surface area (Å²) >= 11 is 0. The van der Waals surface area contributed by atoms with Crippen LogP contribution in [0.1, 0.15) is 88.8 Å². The van der Waals surface area contributed by atoms with E-state index in [-0.39, 0.29) is 0 Å². The molecule has 7 rings (SSSR count).